The minimum absolute atomic E-state index is 0.512. The number of carboxylic acid groups (broad SMARTS) is 1. The predicted octanol–water partition coefficient (Wildman–Crippen LogP) is 4.20. The Hall–Kier alpha value is -1.30. The number of carbonyl (C=O) groups is 1. The second kappa shape index (κ2) is 6.64. The Morgan fingerprint density at radius 3 is 2.52 bits per heavy atom. The van der Waals surface area contributed by atoms with Crippen LogP contribution in [0.5, 0.6) is 0 Å². The zero-order chi connectivity index (χ0) is 15.6. The topological polar surface area (TPSA) is 54.6 Å². The zero-order valence-corrected chi connectivity index (χ0v) is 13.8. The lowest BCUT2D eigenvalue weighted by Crippen LogP contribution is -2.19. The summed E-state index contributed by atoms with van der Waals surface area (Å²) < 4.78 is 1.79. The summed E-state index contributed by atoms with van der Waals surface area (Å²) in [5.41, 5.74) is 1.38. The summed E-state index contributed by atoms with van der Waals surface area (Å²) in [6.45, 7) is 1.85. The zero-order valence-electron chi connectivity index (χ0n) is 11.5. The number of thiazole rings is 1. The van der Waals surface area contributed by atoms with Gasteiger partial charge in [0, 0.05) is 28.2 Å². The number of aliphatic carboxylic acids is 1. The highest BCUT2D eigenvalue weighted by Gasteiger charge is 2.21. The van der Waals surface area contributed by atoms with Gasteiger partial charge in [-0.1, -0.05) is 30.1 Å². The van der Waals surface area contributed by atoms with Crippen molar-refractivity contribution in [2.24, 2.45) is 12.0 Å². The molecule has 0 saturated carbocycles. The molecule has 1 aromatic carbocycles. The van der Waals surface area contributed by atoms with Gasteiger partial charge in [0.1, 0.15) is 0 Å². The van der Waals surface area contributed by atoms with Crippen LogP contribution in [-0.4, -0.2) is 15.6 Å². The fourth-order valence-corrected chi connectivity index (χ4v) is 3.51. The highest BCUT2D eigenvalue weighted by atomic mass is 35.5. The van der Waals surface area contributed by atoms with Crippen LogP contribution in [0, 0.1) is 0 Å². The van der Waals surface area contributed by atoms with Crippen LogP contribution in [-0.2, 0) is 11.8 Å². The minimum atomic E-state index is -0.830. The molecule has 1 atom stereocenters. The molecular weight excluding hydrogens is 331 g/mol. The molecule has 21 heavy (non-hydrogen) atoms. The van der Waals surface area contributed by atoms with E-state index in [1.54, 1.807) is 22.8 Å². The summed E-state index contributed by atoms with van der Waals surface area (Å²) in [4.78, 5) is 16.4. The van der Waals surface area contributed by atoms with Crippen molar-refractivity contribution in [3.05, 3.63) is 44.1 Å². The smallest absolute Gasteiger partial charge is 0.312 e. The van der Waals surface area contributed by atoms with Crippen molar-refractivity contribution in [2.75, 3.05) is 0 Å². The minimum Gasteiger partial charge on any atom is -0.481 e. The van der Waals surface area contributed by atoms with Crippen LogP contribution in [0.2, 0.25) is 10.0 Å². The Labute approximate surface area is 136 Å². The van der Waals surface area contributed by atoms with E-state index in [1.165, 1.54) is 11.3 Å². The number of hydrogen-bond acceptors (Lipinski definition) is 3. The molecule has 0 aliphatic rings. The maximum atomic E-state index is 11.3. The van der Waals surface area contributed by atoms with Crippen LogP contribution >= 0.6 is 34.5 Å². The Kier molecular flexibility index (Phi) is 5.08. The Morgan fingerprint density at radius 2 is 2.00 bits per heavy atom. The first-order valence-corrected chi connectivity index (χ1v) is 7.94. The van der Waals surface area contributed by atoms with Gasteiger partial charge >= 0.3 is 5.97 Å². The molecular formula is C14H14Cl2N2O2S. The summed E-state index contributed by atoms with van der Waals surface area (Å²) in [5, 5.41) is 12.1. The Bertz CT molecular complexity index is 717. The quantitative estimate of drug-likeness (QED) is 0.903. The first kappa shape index (κ1) is 16.1. The molecule has 0 fully saturated rings. The van der Waals surface area contributed by atoms with Gasteiger partial charge in [0.25, 0.3) is 0 Å². The van der Waals surface area contributed by atoms with Crippen molar-refractivity contribution in [2.45, 2.75) is 19.3 Å². The number of aromatic nitrogens is 1. The predicted molar refractivity (Wildman–Crippen MR) is 85.6 cm³/mol. The molecule has 7 heteroatoms. The van der Waals surface area contributed by atoms with Crippen molar-refractivity contribution in [1.82, 2.24) is 4.57 Å². The van der Waals surface area contributed by atoms with E-state index in [0.717, 1.165) is 5.69 Å². The van der Waals surface area contributed by atoms with Crippen molar-refractivity contribution >= 4 is 46.2 Å². The lowest BCUT2D eigenvalue weighted by atomic mass is 10.0. The third-order valence-corrected chi connectivity index (χ3v) is 4.47. The van der Waals surface area contributed by atoms with E-state index < -0.39 is 11.9 Å². The molecule has 0 amide bonds. The van der Waals surface area contributed by atoms with E-state index in [9.17, 15) is 9.90 Å². The van der Waals surface area contributed by atoms with Gasteiger partial charge < -0.3 is 9.67 Å². The summed E-state index contributed by atoms with van der Waals surface area (Å²) >= 11 is 13.3. The summed E-state index contributed by atoms with van der Waals surface area (Å²) in [6.07, 6.45) is 0.530. The van der Waals surface area contributed by atoms with Gasteiger partial charge in [-0.3, -0.25) is 4.79 Å². The van der Waals surface area contributed by atoms with E-state index >= 15 is 0 Å². The standard InChI is InChI=1S/C14H14Cl2N2O2S/c1-3-11(13(19)20)12-7-21-14(18(12)2)17-10-5-8(15)4-9(16)6-10/h4-7,11H,3H2,1-2H3,(H,19,20). The summed E-state index contributed by atoms with van der Waals surface area (Å²) in [6, 6.07) is 5.06. The molecule has 0 saturated heterocycles. The monoisotopic (exact) mass is 344 g/mol. The molecule has 0 aliphatic heterocycles. The van der Waals surface area contributed by atoms with Crippen LogP contribution in [0.3, 0.4) is 0 Å². The number of benzene rings is 1. The molecule has 0 bridgehead atoms. The van der Waals surface area contributed by atoms with Crippen molar-refractivity contribution in [3.8, 4) is 0 Å². The van der Waals surface area contributed by atoms with Crippen molar-refractivity contribution in [1.29, 1.82) is 0 Å². The van der Waals surface area contributed by atoms with Gasteiger partial charge in [-0.05, 0) is 24.6 Å². The number of rotatable bonds is 4. The van der Waals surface area contributed by atoms with Gasteiger partial charge in [0.15, 0.2) is 4.80 Å². The van der Waals surface area contributed by atoms with Gasteiger partial charge in [-0.2, -0.15) is 0 Å². The fraction of sp³-hybridized carbons (Fsp3) is 0.286. The van der Waals surface area contributed by atoms with Crippen molar-refractivity contribution in [3.63, 3.8) is 0 Å². The van der Waals surface area contributed by atoms with Crippen LogP contribution in [0.4, 0.5) is 5.69 Å². The molecule has 2 rings (SSSR count). The molecule has 2 aromatic rings. The fourth-order valence-electron chi connectivity index (χ4n) is 2.02. The molecule has 4 nitrogen and oxygen atoms in total. The third-order valence-electron chi connectivity index (χ3n) is 3.09. The number of nitrogens with zero attached hydrogens (tertiary/aromatic N) is 2. The van der Waals surface area contributed by atoms with Crippen LogP contribution in [0.1, 0.15) is 25.0 Å². The Balaban J connectivity index is 2.48. The SMILES string of the molecule is CCC(C(=O)O)c1csc(=Nc2cc(Cl)cc(Cl)c2)n1C. The number of carboxylic acids is 1. The Morgan fingerprint density at radius 1 is 1.38 bits per heavy atom. The van der Waals surface area contributed by atoms with E-state index in [4.69, 9.17) is 23.2 Å². The maximum Gasteiger partial charge on any atom is 0.312 e. The highest BCUT2D eigenvalue weighted by Crippen LogP contribution is 2.25. The van der Waals surface area contributed by atoms with Crippen LogP contribution < -0.4 is 4.80 Å². The largest absolute Gasteiger partial charge is 0.481 e. The molecule has 1 N–H and O–H groups in total. The van der Waals surface area contributed by atoms with Crippen molar-refractivity contribution < 1.29 is 9.90 Å². The second-order valence-corrected chi connectivity index (χ2v) is 6.25. The first-order valence-electron chi connectivity index (χ1n) is 6.30. The third kappa shape index (κ3) is 3.67. The number of hydrogen-bond donors (Lipinski definition) is 1. The van der Waals surface area contributed by atoms with Gasteiger partial charge in [0.05, 0.1) is 11.6 Å². The van der Waals surface area contributed by atoms with Gasteiger partial charge in [-0.25, -0.2) is 4.99 Å². The molecule has 1 unspecified atom stereocenters. The molecule has 1 aromatic heterocycles. The lowest BCUT2D eigenvalue weighted by molar-refractivity contribution is -0.139. The van der Waals surface area contributed by atoms with E-state index in [0.29, 0.717) is 27.0 Å². The van der Waals surface area contributed by atoms with E-state index in [-0.39, 0.29) is 0 Å². The highest BCUT2D eigenvalue weighted by molar-refractivity contribution is 7.07. The summed E-state index contributed by atoms with van der Waals surface area (Å²) in [5.74, 6) is -1.36. The maximum absolute atomic E-state index is 11.3. The molecule has 1 heterocycles. The van der Waals surface area contributed by atoms with Crippen LogP contribution in [0.15, 0.2) is 28.6 Å². The molecule has 0 aliphatic carbocycles. The average molecular weight is 345 g/mol. The van der Waals surface area contributed by atoms with Gasteiger partial charge in [-0.15, -0.1) is 11.3 Å². The number of halogens is 2. The average Bonchev–Trinajstić information content (AvgIpc) is 2.71. The normalized spacial score (nSPS) is 13.4. The second-order valence-electron chi connectivity index (χ2n) is 4.54. The van der Waals surface area contributed by atoms with Gasteiger partial charge in [0.2, 0.25) is 0 Å². The van der Waals surface area contributed by atoms with Crippen LogP contribution in [0.25, 0.3) is 0 Å². The molecule has 0 spiro atoms. The first-order chi connectivity index (χ1) is 9.92. The lowest BCUT2D eigenvalue weighted by Gasteiger charge is -2.10. The molecule has 112 valence electrons. The summed E-state index contributed by atoms with van der Waals surface area (Å²) in [7, 11) is 1.81. The van der Waals surface area contributed by atoms with E-state index in [2.05, 4.69) is 4.99 Å². The van der Waals surface area contributed by atoms with E-state index in [1.807, 2.05) is 19.4 Å². The molecule has 0 radical (unpaired) electrons.